The molecule has 0 spiro atoms. The molecule has 0 saturated carbocycles. The zero-order chi connectivity index (χ0) is 35.6. The van der Waals surface area contributed by atoms with E-state index in [0.29, 0.717) is 17.6 Å². The quantitative estimate of drug-likeness (QED) is 0.179. The molecule has 0 N–H and O–H groups in total. The number of nitrogens with zero attached hydrogens (tertiary/aromatic N) is 4. The first kappa shape index (κ1) is 30.7. The number of aromatic nitrogens is 4. The first-order valence-corrected chi connectivity index (χ1v) is 18.9. The summed E-state index contributed by atoms with van der Waals surface area (Å²) in [4.78, 5) is 15.8. The van der Waals surface area contributed by atoms with Crippen molar-refractivity contribution in [3.8, 4) is 51.0 Å². The summed E-state index contributed by atoms with van der Waals surface area (Å²) in [5.41, 5.74) is 8.66. The van der Waals surface area contributed by atoms with Crippen LogP contribution in [0.4, 0.5) is 0 Å². The van der Waals surface area contributed by atoms with Crippen molar-refractivity contribution in [1.82, 2.24) is 19.5 Å². The maximum atomic E-state index is 5.36. The van der Waals surface area contributed by atoms with Crippen molar-refractivity contribution in [3.05, 3.63) is 182 Å². The first-order chi connectivity index (χ1) is 26.8. The summed E-state index contributed by atoms with van der Waals surface area (Å²) in [6.45, 7) is 0. The predicted octanol–water partition coefficient (Wildman–Crippen LogP) is 13.2. The van der Waals surface area contributed by atoms with Gasteiger partial charge in [0.2, 0.25) is 5.95 Å². The van der Waals surface area contributed by atoms with Crippen LogP contribution in [0.5, 0.6) is 0 Å². The molecule has 0 aliphatic rings. The molecule has 0 aliphatic heterocycles. The molecular weight excluding hydrogens is 677 g/mol. The maximum absolute atomic E-state index is 5.36. The average molecular weight is 707 g/mol. The van der Waals surface area contributed by atoms with Gasteiger partial charge in [-0.05, 0) is 22.6 Å². The minimum atomic E-state index is 0.582. The fourth-order valence-electron chi connectivity index (χ4n) is 7.96. The van der Waals surface area contributed by atoms with Crippen molar-refractivity contribution >= 4 is 64.1 Å². The van der Waals surface area contributed by atoms with Crippen LogP contribution >= 0.6 is 11.3 Å². The Morgan fingerprint density at radius 1 is 0.352 bits per heavy atom. The molecule has 3 heterocycles. The molecule has 11 rings (SSSR count). The lowest BCUT2D eigenvalue weighted by atomic mass is 9.99. The monoisotopic (exact) mass is 706 g/mol. The first-order valence-electron chi connectivity index (χ1n) is 18.1. The molecule has 0 radical (unpaired) electrons. The summed E-state index contributed by atoms with van der Waals surface area (Å²) in [6.07, 6.45) is 0. The van der Waals surface area contributed by atoms with E-state index >= 15 is 0 Å². The van der Waals surface area contributed by atoms with Crippen molar-refractivity contribution < 1.29 is 0 Å². The summed E-state index contributed by atoms with van der Waals surface area (Å²) < 4.78 is 4.85. The van der Waals surface area contributed by atoms with E-state index in [1.807, 2.05) is 35.6 Å². The lowest BCUT2D eigenvalue weighted by molar-refractivity contribution is 0.955. The van der Waals surface area contributed by atoms with Crippen molar-refractivity contribution in [2.24, 2.45) is 0 Å². The number of hydrogen-bond acceptors (Lipinski definition) is 4. The van der Waals surface area contributed by atoms with Crippen LogP contribution in [0, 0.1) is 0 Å². The van der Waals surface area contributed by atoms with E-state index in [1.54, 1.807) is 0 Å². The van der Waals surface area contributed by atoms with Crippen molar-refractivity contribution in [2.75, 3.05) is 0 Å². The highest BCUT2D eigenvalue weighted by Gasteiger charge is 2.23. The third-order valence-electron chi connectivity index (χ3n) is 10.5. The Hall–Kier alpha value is -6.95. The van der Waals surface area contributed by atoms with E-state index < -0.39 is 0 Å². The maximum Gasteiger partial charge on any atom is 0.238 e. The predicted molar refractivity (Wildman–Crippen MR) is 226 cm³/mol. The third-order valence-corrected chi connectivity index (χ3v) is 11.7. The Morgan fingerprint density at radius 2 is 0.907 bits per heavy atom. The van der Waals surface area contributed by atoms with Gasteiger partial charge in [0.05, 0.1) is 11.0 Å². The van der Waals surface area contributed by atoms with Gasteiger partial charge in [0.1, 0.15) is 0 Å². The molecular formula is C49H30N4S. The zero-order valence-corrected chi connectivity index (χ0v) is 29.8. The highest BCUT2D eigenvalue weighted by molar-refractivity contribution is 7.26. The van der Waals surface area contributed by atoms with E-state index in [0.717, 1.165) is 54.8 Å². The van der Waals surface area contributed by atoms with E-state index in [9.17, 15) is 0 Å². The van der Waals surface area contributed by atoms with Crippen LogP contribution in [-0.2, 0) is 0 Å². The van der Waals surface area contributed by atoms with E-state index in [4.69, 9.17) is 15.0 Å². The van der Waals surface area contributed by atoms with Crippen molar-refractivity contribution in [3.63, 3.8) is 0 Å². The highest BCUT2D eigenvalue weighted by atomic mass is 32.1. The molecule has 0 saturated heterocycles. The zero-order valence-electron chi connectivity index (χ0n) is 29.0. The minimum absolute atomic E-state index is 0.582. The molecule has 0 fully saturated rings. The normalized spacial score (nSPS) is 11.7. The molecule has 3 aromatic heterocycles. The van der Waals surface area contributed by atoms with Gasteiger partial charge in [-0.15, -0.1) is 11.3 Å². The van der Waals surface area contributed by atoms with Crippen molar-refractivity contribution in [1.29, 1.82) is 0 Å². The summed E-state index contributed by atoms with van der Waals surface area (Å²) >= 11 is 1.85. The molecule has 0 atom stereocenters. The molecule has 0 amide bonds. The second kappa shape index (κ2) is 12.3. The van der Waals surface area contributed by atoms with Gasteiger partial charge in [0.25, 0.3) is 0 Å². The molecule has 5 heteroatoms. The van der Waals surface area contributed by atoms with Crippen LogP contribution in [0.3, 0.4) is 0 Å². The smallest absolute Gasteiger partial charge is 0.238 e. The van der Waals surface area contributed by atoms with Gasteiger partial charge in [-0.1, -0.05) is 176 Å². The Bertz CT molecular complexity index is 3200. The summed E-state index contributed by atoms with van der Waals surface area (Å²) in [5.74, 6) is 1.83. The lowest BCUT2D eigenvalue weighted by Crippen LogP contribution is -2.07. The summed E-state index contributed by atoms with van der Waals surface area (Å²) in [7, 11) is 0. The number of thiophene rings is 1. The van der Waals surface area contributed by atoms with Crippen LogP contribution in [0.15, 0.2) is 182 Å². The molecule has 0 unspecified atom stereocenters. The second-order valence-electron chi connectivity index (χ2n) is 13.6. The topological polar surface area (TPSA) is 43.6 Å². The Labute approximate surface area is 315 Å². The Kier molecular flexibility index (Phi) is 7.00. The number of rotatable bonds is 5. The second-order valence-corrected chi connectivity index (χ2v) is 14.6. The fourth-order valence-corrected chi connectivity index (χ4v) is 9.19. The van der Waals surface area contributed by atoms with Crippen LogP contribution in [0.1, 0.15) is 0 Å². The van der Waals surface area contributed by atoms with Crippen molar-refractivity contribution in [2.45, 2.75) is 0 Å². The Balaban J connectivity index is 1.24. The fraction of sp³-hybridized carbons (Fsp3) is 0. The molecule has 11 aromatic rings. The molecule has 0 aliphatic carbocycles. The van der Waals surface area contributed by atoms with E-state index in [-0.39, 0.29) is 0 Å². The third kappa shape index (κ3) is 4.86. The Morgan fingerprint density at radius 3 is 1.69 bits per heavy atom. The standard InChI is InChI=1S/C49H30N4S/c1-3-13-31(14-4-1)32-25-27-35(28-26-32)48-50-47(34-16-5-2-6-17-34)51-49(52-48)53-44-36-18-8-7-15-33(36)29-30-40(44)38-20-11-21-39(45(38)53)42-23-12-22-41-37-19-9-10-24-43(37)54-46(41)42/h1-30H. The van der Waals surface area contributed by atoms with E-state index in [2.05, 4.69) is 162 Å². The molecule has 252 valence electrons. The lowest BCUT2D eigenvalue weighted by Gasteiger charge is -2.14. The van der Waals surface area contributed by atoms with E-state index in [1.165, 1.54) is 31.3 Å². The summed E-state index contributed by atoms with van der Waals surface area (Å²) in [5, 5.41) is 7.17. The molecule has 54 heavy (non-hydrogen) atoms. The van der Waals surface area contributed by atoms with Gasteiger partial charge in [0, 0.05) is 58.6 Å². The molecule has 4 nitrogen and oxygen atoms in total. The van der Waals surface area contributed by atoms with Gasteiger partial charge < -0.3 is 0 Å². The van der Waals surface area contributed by atoms with Gasteiger partial charge in [-0.2, -0.15) is 9.97 Å². The number of para-hydroxylation sites is 1. The van der Waals surface area contributed by atoms with Gasteiger partial charge in [-0.25, -0.2) is 4.98 Å². The van der Waals surface area contributed by atoms with Crippen LogP contribution in [-0.4, -0.2) is 19.5 Å². The van der Waals surface area contributed by atoms with Gasteiger partial charge in [-0.3, -0.25) is 4.57 Å². The highest BCUT2D eigenvalue weighted by Crippen LogP contribution is 2.45. The summed E-state index contributed by atoms with van der Waals surface area (Å²) in [6, 6.07) is 64.3. The average Bonchev–Trinajstić information content (AvgIpc) is 3.81. The number of fused-ring (bicyclic) bond motifs is 8. The van der Waals surface area contributed by atoms with Crippen LogP contribution < -0.4 is 0 Å². The van der Waals surface area contributed by atoms with Gasteiger partial charge >= 0.3 is 0 Å². The molecule has 8 aromatic carbocycles. The SMILES string of the molecule is c1ccc(-c2ccc(-c3nc(-c4ccccc4)nc(-n4c5c(-c6cccc7c6sc6ccccc67)cccc5c5ccc6ccccc6c54)n3)cc2)cc1. The van der Waals surface area contributed by atoms with Gasteiger partial charge in [0.15, 0.2) is 11.6 Å². The number of benzene rings is 8. The largest absolute Gasteiger partial charge is 0.277 e. The number of hydrogen-bond donors (Lipinski definition) is 0. The minimum Gasteiger partial charge on any atom is -0.277 e. The molecule has 0 bridgehead atoms. The van der Waals surface area contributed by atoms with Crippen LogP contribution in [0.25, 0.3) is 104 Å². The van der Waals surface area contributed by atoms with Crippen LogP contribution in [0.2, 0.25) is 0 Å².